The van der Waals surface area contributed by atoms with Gasteiger partial charge in [0.05, 0.1) is 36.5 Å². The van der Waals surface area contributed by atoms with E-state index in [1.54, 1.807) is 13.0 Å². The van der Waals surface area contributed by atoms with Gasteiger partial charge in [0.25, 0.3) is 0 Å². The van der Waals surface area contributed by atoms with Crippen LogP contribution in [0.3, 0.4) is 0 Å². The molecule has 0 aliphatic heterocycles. The summed E-state index contributed by atoms with van der Waals surface area (Å²) < 4.78 is 10.8. The van der Waals surface area contributed by atoms with E-state index in [4.69, 9.17) is 9.15 Å². The highest BCUT2D eigenvalue weighted by Crippen LogP contribution is 2.30. The largest absolute Gasteiger partial charge is 0.548 e. The van der Waals surface area contributed by atoms with Crippen molar-refractivity contribution >= 4 is 22.8 Å². The standard InChI is InChI=1S/C20H25NO6/c1-5-6-7-14(19(23)24)21-17(22)10-13-12(3)18-15(26-4)8-11(2)9-16(18)27-20(13)25/h8-9,14H,5-7,10H2,1-4H3,(H,21,22)(H,23,24)/p-1/t14-/m1/s1. The van der Waals surface area contributed by atoms with Crippen molar-refractivity contribution in [1.29, 1.82) is 0 Å². The number of nitrogens with one attached hydrogen (secondary N) is 1. The van der Waals surface area contributed by atoms with Gasteiger partial charge in [-0.2, -0.15) is 0 Å². The molecule has 0 bridgehead atoms. The van der Waals surface area contributed by atoms with Crippen LogP contribution < -0.4 is 20.8 Å². The molecule has 2 rings (SSSR count). The summed E-state index contributed by atoms with van der Waals surface area (Å²) in [7, 11) is 1.52. The molecule has 0 unspecified atom stereocenters. The van der Waals surface area contributed by atoms with Crippen LogP contribution in [0.1, 0.15) is 42.9 Å². The van der Waals surface area contributed by atoms with Gasteiger partial charge < -0.3 is 24.4 Å². The first-order valence-corrected chi connectivity index (χ1v) is 8.89. The second kappa shape index (κ2) is 8.70. The number of aliphatic carboxylic acids is 1. The molecule has 0 radical (unpaired) electrons. The number of rotatable bonds is 8. The highest BCUT2D eigenvalue weighted by atomic mass is 16.5. The molecule has 1 N–H and O–H groups in total. The maximum absolute atomic E-state index is 12.4. The Morgan fingerprint density at radius 2 is 2.00 bits per heavy atom. The van der Waals surface area contributed by atoms with Crippen molar-refractivity contribution in [3.05, 3.63) is 39.2 Å². The topological polar surface area (TPSA) is 109 Å². The van der Waals surface area contributed by atoms with Crippen molar-refractivity contribution in [2.75, 3.05) is 7.11 Å². The van der Waals surface area contributed by atoms with E-state index in [9.17, 15) is 19.5 Å². The minimum Gasteiger partial charge on any atom is -0.548 e. The molecule has 7 heteroatoms. The second-order valence-corrected chi connectivity index (χ2v) is 6.59. The third kappa shape index (κ3) is 4.67. The number of amides is 1. The van der Waals surface area contributed by atoms with Crippen LogP contribution in [0, 0.1) is 13.8 Å². The Bertz CT molecular complexity index is 915. The zero-order chi connectivity index (χ0) is 20.1. The molecule has 1 heterocycles. The molecule has 0 saturated heterocycles. The van der Waals surface area contributed by atoms with Crippen LogP contribution in [0.5, 0.6) is 5.75 Å². The number of benzene rings is 1. The number of methoxy groups -OCH3 is 1. The van der Waals surface area contributed by atoms with E-state index in [0.717, 1.165) is 12.0 Å². The molecule has 146 valence electrons. The van der Waals surface area contributed by atoms with Gasteiger partial charge in [-0.15, -0.1) is 0 Å². The van der Waals surface area contributed by atoms with Gasteiger partial charge in [-0.3, -0.25) is 4.79 Å². The maximum atomic E-state index is 12.4. The molecule has 2 aromatic rings. The molecule has 7 nitrogen and oxygen atoms in total. The fourth-order valence-electron chi connectivity index (χ4n) is 3.07. The molecule has 0 fully saturated rings. The first-order valence-electron chi connectivity index (χ1n) is 8.89. The molecule has 1 aromatic carbocycles. The van der Waals surface area contributed by atoms with Crippen LogP contribution in [0.25, 0.3) is 11.0 Å². The Morgan fingerprint density at radius 3 is 2.59 bits per heavy atom. The lowest BCUT2D eigenvalue weighted by molar-refractivity contribution is -0.308. The van der Waals surface area contributed by atoms with Crippen molar-refractivity contribution < 1.29 is 23.8 Å². The Labute approximate surface area is 157 Å². The number of carboxylic acid groups (broad SMARTS) is 1. The quantitative estimate of drug-likeness (QED) is 0.700. The Balaban J connectivity index is 2.35. The second-order valence-electron chi connectivity index (χ2n) is 6.59. The molecule has 0 aliphatic carbocycles. The number of unbranched alkanes of at least 4 members (excludes halogenated alkanes) is 1. The van der Waals surface area contributed by atoms with Crippen LogP contribution in [0.2, 0.25) is 0 Å². The van der Waals surface area contributed by atoms with E-state index in [2.05, 4.69) is 5.32 Å². The first-order chi connectivity index (χ1) is 12.8. The Kier molecular flexibility index (Phi) is 6.60. The lowest BCUT2D eigenvalue weighted by Gasteiger charge is -2.19. The minimum absolute atomic E-state index is 0.176. The van der Waals surface area contributed by atoms with Gasteiger partial charge in [0.2, 0.25) is 5.91 Å². The van der Waals surface area contributed by atoms with Gasteiger partial charge in [-0.1, -0.05) is 19.8 Å². The van der Waals surface area contributed by atoms with Crippen LogP contribution in [-0.4, -0.2) is 25.0 Å². The fraction of sp³-hybridized carbons (Fsp3) is 0.450. The van der Waals surface area contributed by atoms with Crippen molar-refractivity contribution in [1.82, 2.24) is 5.32 Å². The van der Waals surface area contributed by atoms with E-state index < -0.39 is 23.5 Å². The molecule has 0 saturated carbocycles. The van der Waals surface area contributed by atoms with Crippen LogP contribution in [-0.2, 0) is 16.0 Å². The predicted molar refractivity (Wildman–Crippen MR) is 98.7 cm³/mol. The summed E-state index contributed by atoms with van der Waals surface area (Å²) in [5.74, 6) is -1.36. The molecule has 27 heavy (non-hydrogen) atoms. The summed E-state index contributed by atoms with van der Waals surface area (Å²) in [5.41, 5.74) is 1.39. The number of hydrogen-bond donors (Lipinski definition) is 1. The van der Waals surface area contributed by atoms with E-state index in [1.165, 1.54) is 7.11 Å². The van der Waals surface area contributed by atoms with E-state index in [1.807, 2.05) is 19.9 Å². The average molecular weight is 374 g/mol. The fourth-order valence-corrected chi connectivity index (χ4v) is 3.07. The molecule has 1 aromatic heterocycles. The molecular weight excluding hydrogens is 350 g/mol. The van der Waals surface area contributed by atoms with Crippen LogP contribution >= 0.6 is 0 Å². The van der Waals surface area contributed by atoms with Gasteiger partial charge in [-0.25, -0.2) is 4.79 Å². The predicted octanol–water partition coefficient (Wildman–Crippen LogP) is 1.39. The van der Waals surface area contributed by atoms with Crippen molar-refractivity contribution in [3.63, 3.8) is 0 Å². The Morgan fingerprint density at radius 1 is 1.30 bits per heavy atom. The normalized spacial score (nSPS) is 12.0. The summed E-state index contributed by atoms with van der Waals surface area (Å²) >= 11 is 0. The summed E-state index contributed by atoms with van der Waals surface area (Å²) in [6.07, 6.45) is 1.44. The monoisotopic (exact) mass is 374 g/mol. The maximum Gasteiger partial charge on any atom is 0.340 e. The summed E-state index contributed by atoms with van der Waals surface area (Å²) in [5, 5.41) is 14.2. The van der Waals surface area contributed by atoms with Gasteiger partial charge >= 0.3 is 5.63 Å². The van der Waals surface area contributed by atoms with E-state index in [-0.39, 0.29) is 18.4 Å². The van der Waals surface area contributed by atoms with Crippen LogP contribution in [0.15, 0.2) is 21.3 Å². The van der Waals surface area contributed by atoms with Gasteiger partial charge in [0.1, 0.15) is 11.3 Å². The number of fused-ring (bicyclic) bond motifs is 1. The zero-order valence-corrected chi connectivity index (χ0v) is 16.0. The average Bonchev–Trinajstić information content (AvgIpc) is 2.60. The summed E-state index contributed by atoms with van der Waals surface area (Å²) in [4.78, 5) is 35.9. The smallest absolute Gasteiger partial charge is 0.340 e. The molecule has 1 amide bonds. The lowest BCUT2D eigenvalue weighted by Crippen LogP contribution is -2.48. The summed E-state index contributed by atoms with van der Waals surface area (Å²) in [6, 6.07) is 2.46. The van der Waals surface area contributed by atoms with Crippen molar-refractivity contribution in [2.45, 2.75) is 52.5 Å². The third-order valence-corrected chi connectivity index (χ3v) is 4.51. The zero-order valence-electron chi connectivity index (χ0n) is 16.0. The first kappa shape index (κ1) is 20.5. The van der Waals surface area contributed by atoms with Gasteiger partial charge in [-0.05, 0) is 43.5 Å². The van der Waals surface area contributed by atoms with Gasteiger partial charge in [0.15, 0.2) is 0 Å². The van der Waals surface area contributed by atoms with Gasteiger partial charge in [0, 0.05) is 0 Å². The SMILES string of the molecule is CCCC[C@@H](NC(=O)Cc1c(C)c2c(OC)cc(C)cc2oc1=O)C(=O)[O-]. The third-order valence-electron chi connectivity index (χ3n) is 4.51. The highest BCUT2D eigenvalue weighted by Gasteiger charge is 2.20. The summed E-state index contributed by atoms with van der Waals surface area (Å²) in [6.45, 7) is 5.50. The number of hydrogen-bond acceptors (Lipinski definition) is 6. The lowest BCUT2D eigenvalue weighted by atomic mass is 10.0. The number of carboxylic acids is 1. The van der Waals surface area contributed by atoms with Crippen molar-refractivity contribution in [3.8, 4) is 5.75 Å². The van der Waals surface area contributed by atoms with E-state index in [0.29, 0.717) is 28.7 Å². The van der Waals surface area contributed by atoms with Crippen molar-refractivity contribution in [2.24, 2.45) is 0 Å². The van der Waals surface area contributed by atoms with E-state index >= 15 is 0 Å². The highest BCUT2D eigenvalue weighted by molar-refractivity contribution is 5.90. The molecular formula is C20H24NO6-. The minimum atomic E-state index is -1.34. The number of aryl methyl sites for hydroxylation is 2. The number of ether oxygens (including phenoxy) is 1. The molecule has 0 aliphatic rings. The Hall–Kier alpha value is -2.83. The molecule has 0 spiro atoms. The van der Waals surface area contributed by atoms with Crippen LogP contribution in [0.4, 0.5) is 0 Å². The number of carbonyl (C=O) groups excluding carboxylic acids is 2. The molecule has 1 atom stereocenters. The number of carbonyl (C=O) groups is 2.